The Morgan fingerprint density at radius 3 is 2.82 bits per heavy atom. The molecule has 0 aliphatic heterocycles. The number of nitrogens with zero attached hydrogens (tertiary/aromatic N) is 1. The van der Waals surface area contributed by atoms with Gasteiger partial charge in [-0.25, -0.2) is 0 Å². The highest BCUT2D eigenvalue weighted by Crippen LogP contribution is 2.29. The summed E-state index contributed by atoms with van der Waals surface area (Å²) in [5, 5.41) is 9.40. The van der Waals surface area contributed by atoms with Crippen LogP contribution in [0, 0.1) is 0 Å². The second-order valence-corrected chi connectivity index (χ2v) is 4.66. The monoisotopic (exact) mass is 234 g/mol. The van der Waals surface area contributed by atoms with Crippen molar-refractivity contribution in [2.24, 2.45) is 5.73 Å². The van der Waals surface area contributed by atoms with Crippen molar-refractivity contribution in [3.63, 3.8) is 0 Å². The van der Waals surface area contributed by atoms with Crippen molar-refractivity contribution in [3.8, 4) is 5.75 Å². The van der Waals surface area contributed by atoms with E-state index >= 15 is 0 Å². The molecule has 0 spiro atoms. The van der Waals surface area contributed by atoms with Crippen LogP contribution in [0.25, 0.3) is 0 Å². The normalized spacial score (nSPS) is 16.6. The lowest BCUT2D eigenvalue weighted by Gasteiger charge is -2.24. The maximum Gasteiger partial charge on any atom is 0.239 e. The van der Waals surface area contributed by atoms with E-state index in [4.69, 9.17) is 5.73 Å². The van der Waals surface area contributed by atoms with Crippen LogP contribution in [0.1, 0.15) is 25.3 Å². The summed E-state index contributed by atoms with van der Waals surface area (Å²) < 4.78 is 0. The Morgan fingerprint density at radius 1 is 1.59 bits per heavy atom. The third-order valence-electron chi connectivity index (χ3n) is 2.92. The van der Waals surface area contributed by atoms with Crippen LogP contribution in [0.2, 0.25) is 0 Å². The minimum atomic E-state index is -0.465. The average Bonchev–Trinajstić information content (AvgIpc) is 3.09. The summed E-state index contributed by atoms with van der Waals surface area (Å²) in [6.07, 6.45) is 2.11. The minimum Gasteiger partial charge on any atom is -0.508 e. The van der Waals surface area contributed by atoms with E-state index in [-0.39, 0.29) is 11.7 Å². The van der Waals surface area contributed by atoms with Gasteiger partial charge in [0.15, 0.2) is 0 Å². The molecule has 1 aliphatic rings. The van der Waals surface area contributed by atoms with E-state index in [2.05, 4.69) is 0 Å². The average molecular weight is 234 g/mol. The third-order valence-corrected chi connectivity index (χ3v) is 2.92. The molecule has 0 aromatic heterocycles. The van der Waals surface area contributed by atoms with Crippen LogP contribution < -0.4 is 5.73 Å². The van der Waals surface area contributed by atoms with Crippen molar-refractivity contribution in [1.82, 2.24) is 4.90 Å². The van der Waals surface area contributed by atoms with Crippen LogP contribution in [0.15, 0.2) is 24.3 Å². The molecule has 1 aromatic carbocycles. The first kappa shape index (κ1) is 11.9. The minimum absolute atomic E-state index is 0.0177. The summed E-state index contributed by atoms with van der Waals surface area (Å²) in [6.45, 7) is 2.24. The van der Waals surface area contributed by atoms with Crippen LogP contribution in [0.3, 0.4) is 0 Å². The van der Waals surface area contributed by atoms with E-state index in [1.165, 1.54) is 0 Å². The van der Waals surface area contributed by atoms with Crippen LogP contribution in [-0.4, -0.2) is 28.0 Å². The van der Waals surface area contributed by atoms with Crippen LogP contribution >= 0.6 is 0 Å². The predicted molar refractivity (Wildman–Crippen MR) is 65.3 cm³/mol. The number of amides is 1. The van der Waals surface area contributed by atoms with Crippen LogP contribution in [0.5, 0.6) is 5.75 Å². The second-order valence-electron chi connectivity index (χ2n) is 4.66. The lowest BCUT2D eigenvalue weighted by molar-refractivity contribution is -0.133. The zero-order valence-electron chi connectivity index (χ0n) is 9.97. The first-order chi connectivity index (χ1) is 8.08. The highest BCUT2D eigenvalue weighted by molar-refractivity contribution is 5.81. The molecule has 1 fully saturated rings. The number of carbonyl (C=O) groups is 1. The highest BCUT2D eigenvalue weighted by atomic mass is 16.3. The molecule has 0 unspecified atom stereocenters. The number of phenolic OH excluding ortho intramolecular Hbond substituents is 1. The van der Waals surface area contributed by atoms with Gasteiger partial charge in [0.1, 0.15) is 5.75 Å². The number of aromatic hydroxyl groups is 1. The van der Waals surface area contributed by atoms with Crippen molar-refractivity contribution >= 4 is 5.91 Å². The van der Waals surface area contributed by atoms with E-state index in [1.54, 1.807) is 25.1 Å². The fraction of sp³-hybridized carbons (Fsp3) is 0.462. The molecule has 1 aliphatic carbocycles. The predicted octanol–water partition coefficient (Wildman–Crippen LogP) is 1.23. The Kier molecular flexibility index (Phi) is 3.33. The summed E-state index contributed by atoms with van der Waals surface area (Å²) in [7, 11) is 0. The Labute approximate surface area is 101 Å². The van der Waals surface area contributed by atoms with Gasteiger partial charge in [-0.1, -0.05) is 12.1 Å². The zero-order valence-corrected chi connectivity index (χ0v) is 9.97. The van der Waals surface area contributed by atoms with Crippen molar-refractivity contribution in [3.05, 3.63) is 29.8 Å². The van der Waals surface area contributed by atoms with Gasteiger partial charge in [-0.2, -0.15) is 0 Å². The summed E-state index contributed by atoms with van der Waals surface area (Å²) in [5.74, 6) is 0.210. The molecule has 0 heterocycles. The number of hydrogen-bond donors (Lipinski definition) is 2. The van der Waals surface area contributed by atoms with Gasteiger partial charge in [-0.15, -0.1) is 0 Å². The Balaban J connectivity index is 2.10. The quantitative estimate of drug-likeness (QED) is 0.823. The Bertz CT molecular complexity index is 414. The number of phenols is 1. The molecule has 4 heteroatoms. The van der Waals surface area contributed by atoms with Crippen molar-refractivity contribution in [2.45, 2.75) is 38.4 Å². The van der Waals surface area contributed by atoms with E-state index in [0.29, 0.717) is 12.6 Å². The molecule has 17 heavy (non-hydrogen) atoms. The maximum absolute atomic E-state index is 12.0. The van der Waals surface area contributed by atoms with Crippen LogP contribution in [-0.2, 0) is 11.3 Å². The van der Waals surface area contributed by atoms with Gasteiger partial charge in [-0.05, 0) is 37.5 Å². The van der Waals surface area contributed by atoms with E-state index in [9.17, 15) is 9.90 Å². The molecule has 1 aromatic rings. The Morgan fingerprint density at radius 2 is 2.29 bits per heavy atom. The van der Waals surface area contributed by atoms with Crippen molar-refractivity contribution in [2.75, 3.05) is 0 Å². The van der Waals surface area contributed by atoms with Crippen molar-refractivity contribution < 1.29 is 9.90 Å². The van der Waals surface area contributed by atoms with Gasteiger partial charge in [-0.3, -0.25) is 4.79 Å². The van der Waals surface area contributed by atoms with E-state index < -0.39 is 6.04 Å². The number of carbonyl (C=O) groups excluding carboxylic acids is 1. The van der Waals surface area contributed by atoms with Gasteiger partial charge in [0, 0.05) is 12.6 Å². The first-order valence-corrected chi connectivity index (χ1v) is 5.92. The van der Waals surface area contributed by atoms with Gasteiger partial charge >= 0.3 is 0 Å². The molecule has 1 saturated carbocycles. The fourth-order valence-corrected chi connectivity index (χ4v) is 1.89. The largest absolute Gasteiger partial charge is 0.508 e. The number of benzene rings is 1. The molecule has 0 radical (unpaired) electrons. The van der Waals surface area contributed by atoms with Crippen LogP contribution in [0.4, 0.5) is 0 Å². The van der Waals surface area contributed by atoms with E-state index in [1.807, 2.05) is 11.0 Å². The standard InChI is InChI=1S/C13H18N2O2/c1-9(14)13(17)15(11-5-6-11)8-10-3-2-4-12(16)7-10/h2-4,7,9,11,16H,5-6,8,14H2,1H3/t9-/m1/s1. The molecule has 0 saturated heterocycles. The fourth-order valence-electron chi connectivity index (χ4n) is 1.89. The lowest BCUT2D eigenvalue weighted by Crippen LogP contribution is -2.42. The molecule has 4 nitrogen and oxygen atoms in total. The molecular formula is C13H18N2O2. The van der Waals surface area contributed by atoms with Gasteiger partial charge in [0.25, 0.3) is 0 Å². The molecule has 2 rings (SSSR count). The number of rotatable bonds is 4. The smallest absolute Gasteiger partial charge is 0.239 e. The van der Waals surface area contributed by atoms with Gasteiger partial charge < -0.3 is 15.7 Å². The number of nitrogens with two attached hydrogens (primary N) is 1. The van der Waals surface area contributed by atoms with Gasteiger partial charge in [0.2, 0.25) is 5.91 Å². The second kappa shape index (κ2) is 4.75. The number of hydrogen-bond acceptors (Lipinski definition) is 3. The first-order valence-electron chi connectivity index (χ1n) is 5.92. The molecule has 92 valence electrons. The SMILES string of the molecule is C[C@@H](N)C(=O)N(Cc1cccc(O)c1)C1CC1. The summed E-state index contributed by atoms with van der Waals surface area (Å²) in [6, 6.07) is 6.86. The molecule has 3 N–H and O–H groups in total. The lowest BCUT2D eigenvalue weighted by atomic mass is 10.2. The Hall–Kier alpha value is -1.55. The maximum atomic E-state index is 12.0. The zero-order chi connectivity index (χ0) is 12.4. The molecule has 0 bridgehead atoms. The molecule has 1 amide bonds. The van der Waals surface area contributed by atoms with Crippen molar-refractivity contribution in [1.29, 1.82) is 0 Å². The molecule has 1 atom stereocenters. The third kappa shape index (κ3) is 2.97. The summed E-state index contributed by atoms with van der Waals surface area (Å²) in [5.41, 5.74) is 6.58. The highest BCUT2D eigenvalue weighted by Gasteiger charge is 2.33. The molecular weight excluding hydrogens is 216 g/mol. The van der Waals surface area contributed by atoms with E-state index in [0.717, 1.165) is 18.4 Å². The summed E-state index contributed by atoms with van der Waals surface area (Å²) in [4.78, 5) is 13.8. The van der Waals surface area contributed by atoms with Gasteiger partial charge in [0.05, 0.1) is 6.04 Å². The topological polar surface area (TPSA) is 66.6 Å². The summed E-state index contributed by atoms with van der Waals surface area (Å²) >= 11 is 0.